The van der Waals surface area contributed by atoms with Crippen LogP contribution < -0.4 is 10.2 Å². The Morgan fingerprint density at radius 1 is 1.18 bits per heavy atom. The van der Waals surface area contributed by atoms with Crippen molar-refractivity contribution in [3.8, 4) is 0 Å². The van der Waals surface area contributed by atoms with E-state index in [0.717, 1.165) is 18.8 Å². The Balaban J connectivity index is 2.06. The van der Waals surface area contributed by atoms with Gasteiger partial charge in [0, 0.05) is 50.5 Å². The van der Waals surface area contributed by atoms with Crippen molar-refractivity contribution in [2.75, 3.05) is 31.1 Å². The van der Waals surface area contributed by atoms with E-state index in [9.17, 15) is 9.59 Å². The first-order valence-electron chi connectivity index (χ1n) is 7.55. The summed E-state index contributed by atoms with van der Waals surface area (Å²) in [6.07, 6.45) is 1.66. The molecule has 120 valence electrons. The number of piperazine rings is 1. The van der Waals surface area contributed by atoms with Gasteiger partial charge in [-0.1, -0.05) is 0 Å². The van der Waals surface area contributed by atoms with E-state index in [1.807, 2.05) is 37.8 Å². The molecular weight excluding hydrogens is 280 g/mol. The van der Waals surface area contributed by atoms with E-state index in [4.69, 9.17) is 0 Å². The number of carbonyl (C=O) groups excluding carboxylic acids is 2. The second-order valence-electron chi connectivity index (χ2n) is 6.60. The first kappa shape index (κ1) is 16.3. The van der Waals surface area contributed by atoms with Gasteiger partial charge >= 0.3 is 0 Å². The highest BCUT2D eigenvalue weighted by molar-refractivity contribution is 5.93. The Morgan fingerprint density at radius 3 is 2.36 bits per heavy atom. The molecule has 0 aromatic carbocycles. The first-order valence-corrected chi connectivity index (χ1v) is 7.55. The average molecular weight is 304 g/mol. The highest BCUT2D eigenvalue weighted by atomic mass is 16.2. The van der Waals surface area contributed by atoms with E-state index < -0.39 is 0 Å². The number of hydrogen-bond acceptors (Lipinski definition) is 4. The Bertz CT molecular complexity index is 558. The summed E-state index contributed by atoms with van der Waals surface area (Å²) < 4.78 is 0. The van der Waals surface area contributed by atoms with Gasteiger partial charge in [-0.25, -0.2) is 0 Å². The van der Waals surface area contributed by atoms with Gasteiger partial charge in [0.15, 0.2) is 0 Å². The molecule has 1 fully saturated rings. The van der Waals surface area contributed by atoms with Gasteiger partial charge < -0.3 is 15.1 Å². The molecule has 0 spiro atoms. The Hall–Kier alpha value is -2.11. The van der Waals surface area contributed by atoms with E-state index in [2.05, 4.69) is 15.2 Å². The Labute approximate surface area is 131 Å². The van der Waals surface area contributed by atoms with Crippen LogP contribution in [0.4, 0.5) is 5.69 Å². The van der Waals surface area contributed by atoms with Crippen LogP contribution in [0.5, 0.6) is 0 Å². The third-order valence-corrected chi connectivity index (χ3v) is 3.55. The van der Waals surface area contributed by atoms with Crippen molar-refractivity contribution in [3.05, 3.63) is 24.0 Å². The maximum absolute atomic E-state index is 12.2. The second kappa shape index (κ2) is 6.34. The molecule has 1 aromatic heterocycles. The number of pyridine rings is 1. The molecule has 1 aliphatic heterocycles. The SMILES string of the molecule is CC(=O)N1CCN(c2ccnc(C(=O)NC(C)(C)C)c2)CC1. The average Bonchev–Trinajstić information content (AvgIpc) is 2.46. The predicted octanol–water partition coefficient (Wildman–Crippen LogP) is 1.28. The van der Waals surface area contributed by atoms with Crippen molar-refractivity contribution in [1.29, 1.82) is 0 Å². The standard InChI is InChI=1S/C16H24N4O2/c1-12(21)19-7-9-20(10-8-19)13-5-6-17-14(11-13)15(22)18-16(2,3)4/h5-6,11H,7-10H2,1-4H3,(H,18,22). The van der Waals surface area contributed by atoms with Crippen molar-refractivity contribution in [2.24, 2.45) is 0 Å². The molecule has 22 heavy (non-hydrogen) atoms. The van der Waals surface area contributed by atoms with Gasteiger partial charge in [0.25, 0.3) is 5.91 Å². The van der Waals surface area contributed by atoms with Gasteiger partial charge in [-0.3, -0.25) is 14.6 Å². The van der Waals surface area contributed by atoms with Crippen LogP contribution in [0.2, 0.25) is 0 Å². The molecule has 1 aliphatic rings. The summed E-state index contributed by atoms with van der Waals surface area (Å²) >= 11 is 0. The van der Waals surface area contributed by atoms with Crippen molar-refractivity contribution in [3.63, 3.8) is 0 Å². The van der Waals surface area contributed by atoms with Gasteiger partial charge in [-0.05, 0) is 32.9 Å². The lowest BCUT2D eigenvalue weighted by atomic mass is 10.1. The molecule has 0 bridgehead atoms. The van der Waals surface area contributed by atoms with Gasteiger partial charge in [-0.15, -0.1) is 0 Å². The number of nitrogens with zero attached hydrogens (tertiary/aromatic N) is 3. The fourth-order valence-electron chi connectivity index (χ4n) is 2.42. The number of amides is 2. The molecule has 0 atom stereocenters. The minimum Gasteiger partial charge on any atom is -0.368 e. The molecule has 2 amide bonds. The second-order valence-corrected chi connectivity index (χ2v) is 6.60. The van der Waals surface area contributed by atoms with Crippen LogP contribution in [0.3, 0.4) is 0 Å². The zero-order valence-electron chi connectivity index (χ0n) is 13.7. The lowest BCUT2D eigenvalue weighted by Gasteiger charge is -2.35. The molecule has 2 rings (SSSR count). The molecule has 0 unspecified atom stereocenters. The normalized spacial score (nSPS) is 15.6. The van der Waals surface area contributed by atoms with Crippen LogP contribution in [0.1, 0.15) is 38.2 Å². The van der Waals surface area contributed by atoms with Crippen molar-refractivity contribution in [2.45, 2.75) is 33.2 Å². The largest absolute Gasteiger partial charge is 0.368 e. The molecule has 1 aromatic rings. The maximum atomic E-state index is 12.2. The fourth-order valence-corrected chi connectivity index (χ4v) is 2.42. The molecule has 0 saturated carbocycles. The van der Waals surface area contributed by atoms with Crippen molar-refractivity contribution in [1.82, 2.24) is 15.2 Å². The fraction of sp³-hybridized carbons (Fsp3) is 0.562. The number of hydrogen-bond donors (Lipinski definition) is 1. The highest BCUT2D eigenvalue weighted by Crippen LogP contribution is 2.17. The zero-order valence-corrected chi connectivity index (χ0v) is 13.7. The monoisotopic (exact) mass is 304 g/mol. The molecule has 1 saturated heterocycles. The highest BCUT2D eigenvalue weighted by Gasteiger charge is 2.21. The van der Waals surface area contributed by atoms with Gasteiger partial charge in [0.2, 0.25) is 5.91 Å². The molecule has 6 heteroatoms. The van der Waals surface area contributed by atoms with Crippen LogP contribution in [-0.4, -0.2) is 53.4 Å². The quantitative estimate of drug-likeness (QED) is 0.894. The number of nitrogens with one attached hydrogen (secondary N) is 1. The van der Waals surface area contributed by atoms with Gasteiger partial charge in [0.1, 0.15) is 5.69 Å². The number of anilines is 1. The first-order chi connectivity index (χ1) is 10.3. The van der Waals surface area contributed by atoms with E-state index in [0.29, 0.717) is 18.8 Å². The molecule has 6 nitrogen and oxygen atoms in total. The van der Waals surface area contributed by atoms with Crippen LogP contribution in [0, 0.1) is 0 Å². The number of carbonyl (C=O) groups is 2. The third-order valence-electron chi connectivity index (χ3n) is 3.55. The minimum absolute atomic E-state index is 0.111. The van der Waals surface area contributed by atoms with Gasteiger partial charge in [0.05, 0.1) is 0 Å². The summed E-state index contributed by atoms with van der Waals surface area (Å²) in [4.78, 5) is 31.7. The molecule has 0 aliphatic carbocycles. The number of aromatic nitrogens is 1. The van der Waals surface area contributed by atoms with E-state index >= 15 is 0 Å². The summed E-state index contributed by atoms with van der Waals surface area (Å²) in [5, 5.41) is 2.91. The smallest absolute Gasteiger partial charge is 0.270 e. The van der Waals surface area contributed by atoms with Crippen LogP contribution in [0.25, 0.3) is 0 Å². The Kier molecular flexibility index (Phi) is 4.68. The summed E-state index contributed by atoms with van der Waals surface area (Å²) in [6, 6.07) is 3.71. The molecule has 1 N–H and O–H groups in total. The van der Waals surface area contributed by atoms with E-state index in [1.165, 1.54) is 0 Å². The molecule has 0 radical (unpaired) electrons. The summed E-state index contributed by atoms with van der Waals surface area (Å²) in [5.41, 5.74) is 1.10. The van der Waals surface area contributed by atoms with E-state index in [1.54, 1.807) is 13.1 Å². The summed E-state index contributed by atoms with van der Waals surface area (Å²) in [7, 11) is 0. The molecule has 2 heterocycles. The lowest BCUT2D eigenvalue weighted by Crippen LogP contribution is -2.48. The van der Waals surface area contributed by atoms with Crippen LogP contribution in [0.15, 0.2) is 18.3 Å². The lowest BCUT2D eigenvalue weighted by molar-refractivity contribution is -0.129. The Morgan fingerprint density at radius 2 is 1.82 bits per heavy atom. The maximum Gasteiger partial charge on any atom is 0.270 e. The third kappa shape index (κ3) is 4.19. The van der Waals surface area contributed by atoms with Crippen molar-refractivity contribution >= 4 is 17.5 Å². The zero-order chi connectivity index (χ0) is 16.3. The van der Waals surface area contributed by atoms with Crippen LogP contribution >= 0.6 is 0 Å². The summed E-state index contributed by atoms with van der Waals surface area (Å²) in [5.74, 6) is -0.0589. The minimum atomic E-state index is -0.290. The van der Waals surface area contributed by atoms with E-state index in [-0.39, 0.29) is 17.4 Å². The van der Waals surface area contributed by atoms with Crippen molar-refractivity contribution < 1.29 is 9.59 Å². The summed E-state index contributed by atoms with van der Waals surface area (Å²) in [6.45, 7) is 10.4. The number of rotatable bonds is 2. The topological polar surface area (TPSA) is 65.5 Å². The van der Waals surface area contributed by atoms with Gasteiger partial charge in [-0.2, -0.15) is 0 Å². The van der Waals surface area contributed by atoms with Crippen LogP contribution in [-0.2, 0) is 4.79 Å². The predicted molar refractivity (Wildman–Crippen MR) is 85.9 cm³/mol. The molecular formula is C16H24N4O2.